The summed E-state index contributed by atoms with van der Waals surface area (Å²) in [5, 5.41) is 3.22. The Kier molecular flexibility index (Phi) is 3.45. The quantitative estimate of drug-likeness (QED) is 0.816. The zero-order valence-electron chi connectivity index (χ0n) is 10.1. The van der Waals surface area contributed by atoms with Gasteiger partial charge in [-0.25, -0.2) is 8.78 Å². The van der Waals surface area contributed by atoms with E-state index < -0.39 is 17.7 Å². The molecule has 17 heavy (non-hydrogen) atoms. The van der Waals surface area contributed by atoms with Gasteiger partial charge in [0.05, 0.1) is 12.7 Å². The van der Waals surface area contributed by atoms with E-state index in [4.69, 9.17) is 4.74 Å². The predicted octanol–water partition coefficient (Wildman–Crippen LogP) is 2.65. The van der Waals surface area contributed by atoms with Gasteiger partial charge in [-0.05, 0) is 18.2 Å². The second-order valence-corrected chi connectivity index (χ2v) is 5.26. The van der Waals surface area contributed by atoms with Crippen molar-refractivity contribution in [3.8, 4) is 0 Å². The van der Waals surface area contributed by atoms with Gasteiger partial charge in [0.15, 0.2) is 0 Å². The Morgan fingerprint density at radius 2 is 2.12 bits per heavy atom. The van der Waals surface area contributed by atoms with Crippen molar-refractivity contribution in [2.75, 3.05) is 19.7 Å². The Morgan fingerprint density at radius 3 is 2.88 bits per heavy atom. The Labute approximate surface area is 100.0 Å². The first kappa shape index (κ1) is 12.5. The van der Waals surface area contributed by atoms with Crippen LogP contribution in [0.4, 0.5) is 8.78 Å². The van der Waals surface area contributed by atoms with Crippen molar-refractivity contribution in [3.05, 3.63) is 35.4 Å². The molecule has 0 amide bonds. The molecule has 1 aliphatic rings. The van der Waals surface area contributed by atoms with Crippen molar-refractivity contribution in [1.82, 2.24) is 5.32 Å². The van der Waals surface area contributed by atoms with Crippen LogP contribution in [-0.2, 0) is 4.74 Å². The second kappa shape index (κ2) is 4.70. The van der Waals surface area contributed by atoms with Gasteiger partial charge in [-0.1, -0.05) is 13.8 Å². The van der Waals surface area contributed by atoms with Crippen LogP contribution in [0.5, 0.6) is 0 Å². The molecule has 0 radical (unpaired) electrons. The molecule has 0 aromatic heterocycles. The number of hydrogen-bond donors (Lipinski definition) is 1. The van der Waals surface area contributed by atoms with Crippen LogP contribution in [0, 0.1) is 17.0 Å². The third kappa shape index (κ3) is 3.01. The summed E-state index contributed by atoms with van der Waals surface area (Å²) in [6, 6.07) is 3.47. The molecule has 1 unspecified atom stereocenters. The van der Waals surface area contributed by atoms with Crippen molar-refractivity contribution in [1.29, 1.82) is 0 Å². The predicted molar refractivity (Wildman–Crippen MR) is 61.7 cm³/mol. The molecule has 1 fully saturated rings. The van der Waals surface area contributed by atoms with E-state index in [0.29, 0.717) is 13.2 Å². The Morgan fingerprint density at radius 1 is 1.35 bits per heavy atom. The van der Waals surface area contributed by atoms with Gasteiger partial charge in [0.2, 0.25) is 0 Å². The van der Waals surface area contributed by atoms with E-state index in [2.05, 4.69) is 19.2 Å². The summed E-state index contributed by atoms with van der Waals surface area (Å²) >= 11 is 0. The summed E-state index contributed by atoms with van der Waals surface area (Å²) in [6.07, 6.45) is -0.424. The van der Waals surface area contributed by atoms with E-state index in [1.165, 1.54) is 6.07 Å². The molecule has 1 aromatic rings. The number of ether oxygens (including phenoxy) is 1. The highest BCUT2D eigenvalue weighted by Gasteiger charge is 2.27. The van der Waals surface area contributed by atoms with Crippen LogP contribution >= 0.6 is 0 Å². The maximum absolute atomic E-state index is 13.6. The highest BCUT2D eigenvalue weighted by atomic mass is 19.1. The SMILES string of the molecule is CC1(C)CNCC(c2cc(F)ccc2F)OC1. The average molecular weight is 241 g/mol. The Bertz CT molecular complexity index is 406. The Hall–Kier alpha value is -1.00. The number of hydrogen-bond acceptors (Lipinski definition) is 2. The summed E-state index contributed by atoms with van der Waals surface area (Å²) < 4.78 is 32.4. The van der Waals surface area contributed by atoms with Crippen LogP contribution in [0.1, 0.15) is 25.5 Å². The highest BCUT2D eigenvalue weighted by Crippen LogP contribution is 2.27. The summed E-state index contributed by atoms with van der Waals surface area (Å²) in [5.41, 5.74) is 0.300. The largest absolute Gasteiger partial charge is 0.371 e. The lowest BCUT2D eigenvalue weighted by Crippen LogP contribution is -2.29. The Balaban J connectivity index is 2.19. The first-order valence-corrected chi connectivity index (χ1v) is 5.75. The molecular weight excluding hydrogens is 224 g/mol. The lowest BCUT2D eigenvalue weighted by atomic mass is 9.95. The van der Waals surface area contributed by atoms with Crippen molar-refractivity contribution in [2.45, 2.75) is 20.0 Å². The number of halogens is 2. The molecule has 0 bridgehead atoms. The molecule has 4 heteroatoms. The zero-order chi connectivity index (χ0) is 12.5. The minimum absolute atomic E-state index is 0.0125. The molecule has 0 spiro atoms. The summed E-state index contributed by atoms with van der Waals surface area (Å²) in [4.78, 5) is 0. The number of rotatable bonds is 1. The topological polar surface area (TPSA) is 21.3 Å². The normalized spacial score (nSPS) is 24.4. The highest BCUT2D eigenvalue weighted by molar-refractivity contribution is 5.21. The van der Waals surface area contributed by atoms with Crippen molar-refractivity contribution < 1.29 is 13.5 Å². The molecule has 1 N–H and O–H groups in total. The fourth-order valence-electron chi connectivity index (χ4n) is 1.94. The second-order valence-electron chi connectivity index (χ2n) is 5.26. The van der Waals surface area contributed by atoms with E-state index >= 15 is 0 Å². The van der Waals surface area contributed by atoms with Crippen LogP contribution < -0.4 is 5.32 Å². The van der Waals surface area contributed by atoms with Crippen LogP contribution in [0.3, 0.4) is 0 Å². The van der Waals surface area contributed by atoms with E-state index in [9.17, 15) is 8.78 Å². The minimum Gasteiger partial charge on any atom is -0.371 e. The third-order valence-corrected chi connectivity index (χ3v) is 2.91. The maximum atomic E-state index is 13.6. The van der Waals surface area contributed by atoms with E-state index in [0.717, 1.165) is 18.7 Å². The van der Waals surface area contributed by atoms with Crippen LogP contribution in [-0.4, -0.2) is 19.7 Å². The van der Waals surface area contributed by atoms with Gasteiger partial charge in [0, 0.05) is 24.1 Å². The van der Waals surface area contributed by atoms with Gasteiger partial charge in [0.1, 0.15) is 11.6 Å². The van der Waals surface area contributed by atoms with Crippen LogP contribution in [0.15, 0.2) is 18.2 Å². The van der Waals surface area contributed by atoms with E-state index in [1.807, 2.05) is 0 Å². The van der Waals surface area contributed by atoms with Crippen molar-refractivity contribution >= 4 is 0 Å². The van der Waals surface area contributed by atoms with Gasteiger partial charge >= 0.3 is 0 Å². The fourth-order valence-corrected chi connectivity index (χ4v) is 1.94. The van der Waals surface area contributed by atoms with Gasteiger partial charge in [0.25, 0.3) is 0 Å². The molecule has 0 saturated carbocycles. The fraction of sp³-hybridized carbons (Fsp3) is 0.538. The molecule has 1 aromatic carbocycles. The smallest absolute Gasteiger partial charge is 0.129 e. The standard InChI is InChI=1S/C13H17F2NO/c1-13(2)7-16-6-12(17-8-13)10-5-9(14)3-4-11(10)15/h3-5,12,16H,6-8H2,1-2H3. The lowest BCUT2D eigenvalue weighted by Gasteiger charge is -2.21. The van der Waals surface area contributed by atoms with Gasteiger partial charge in [-0.3, -0.25) is 0 Å². The van der Waals surface area contributed by atoms with Gasteiger partial charge < -0.3 is 10.1 Å². The first-order chi connectivity index (χ1) is 7.98. The monoisotopic (exact) mass is 241 g/mol. The van der Waals surface area contributed by atoms with E-state index in [1.54, 1.807) is 0 Å². The van der Waals surface area contributed by atoms with Crippen molar-refractivity contribution in [2.24, 2.45) is 5.41 Å². The van der Waals surface area contributed by atoms with Crippen LogP contribution in [0.25, 0.3) is 0 Å². The molecule has 94 valence electrons. The molecule has 1 atom stereocenters. The number of nitrogens with one attached hydrogen (secondary N) is 1. The maximum Gasteiger partial charge on any atom is 0.129 e. The van der Waals surface area contributed by atoms with Crippen LogP contribution in [0.2, 0.25) is 0 Å². The molecular formula is C13H17F2NO. The zero-order valence-corrected chi connectivity index (χ0v) is 10.1. The summed E-state index contributed by atoms with van der Waals surface area (Å²) in [5.74, 6) is -0.855. The lowest BCUT2D eigenvalue weighted by molar-refractivity contribution is 0.0240. The molecule has 1 saturated heterocycles. The summed E-state index contributed by atoms with van der Waals surface area (Å²) in [6.45, 7) is 5.99. The van der Waals surface area contributed by atoms with Gasteiger partial charge in [-0.15, -0.1) is 0 Å². The minimum atomic E-state index is -0.437. The first-order valence-electron chi connectivity index (χ1n) is 5.75. The average Bonchev–Trinajstić information content (AvgIpc) is 2.43. The number of benzene rings is 1. The molecule has 2 nitrogen and oxygen atoms in total. The molecule has 0 aliphatic carbocycles. The summed E-state index contributed by atoms with van der Waals surface area (Å²) in [7, 11) is 0. The van der Waals surface area contributed by atoms with E-state index in [-0.39, 0.29) is 11.0 Å². The third-order valence-electron chi connectivity index (χ3n) is 2.91. The molecule has 2 rings (SSSR count). The van der Waals surface area contributed by atoms with Gasteiger partial charge in [-0.2, -0.15) is 0 Å². The van der Waals surface area contributed by atoms with Crippen molar-refractivity contribution in [3.63, 3.8) is 0 Å². The molecule has 1 aliphatic heterocycles. The molecule has 1 heterocycles.